The Labute approximate surface area is 105 Å². The smallest absolute Gasteiger partial charge is 0.0808 e. The summed E-state index contributed by atoms with van der Waals surface area (Å²) in [6.45, 7) is 6.92. The van der Waals surface area contributed by atoms with Crippen LogP contribution >= 0.6 is 0 Å². The van der Waals surface area contributed by atoms with Gasteiger partial charge in [0.05, 0.1) is 39.1 Å². The van der Waals surface area contributed by atoms with Gasteiger partial charge in [-0.15, -0.1) is 0 Å². The van der Waals surface area contributed by atoms with Crippen LogP contribution in [0.3, 0.4) is 0 Å². The van der Waals surface area contributed by atoms with Crippen LogP contribution in [0.15, 0.2) is 0 Å². The van der Waals surface area contributed by atoms with Crippen LogP contribution in [0.2, 0.25) is 0 Å². The van der Waals surface area contributed by atoms with Crippen LogP contribution in [0, 0.1) is 0 Å². The van der Waals surface area contributed by atoms with Crippen LogP contribution < -0.4 is 0 Å². The maximum absolute atomic E-state index is 5.68. The van der Waals surface area contributed by atoms with Gasteiger partial charge in [0.15, 0.2) is 0 Å². The SMILES string of the molecule is CCOCCOCCOCC1CCCCCO1. The van der Waals surface area contributed by atoms with Gasteiger partial charge in [-0.25, -0.2) is 0 Å². The summed E-state index contributed by atoms with van der Waals surface area (Å²) in [5, 5.41) is 0. The van der Waals surface area contributed by atoms with E-state index in [1.165, 1.54) is 19.3 Å². The van der Waals surface area contributed by atoms with Crippen LogP contribution in [-0.2, 0) is 18.9 Å². The van der Waals surface area contributed by atoms with E-state index < -0.39 is 0 Å². The molecular formula is C13H26O4. The van der Waals surface area contributed by atoms with Crippen molar-refractivity contribution < 1.29 is 18.9 Å². The van der Waals surface area contributed by atoms with Crippen LogP contribution in [0.5, 0.6) is 0 Å². The van der Waals surface area contributed by atoms with E-state index in [2.05, 4.69) is 0 Å². The first kappa shape index (κ1) is 14.9. The lowest BCUT2D eigenvalue weighted by Crippen LogP contribution is -2.20. The van der Waals surface area contributed by atoms with Gasteiger partial charge in [0, 0.05) is 13.2 Å². The number of rotatable bonds is 9. The first-order valence-corrected chi connectivity index (χ1v) is 6.78. The van der Waals surface area contributed by atoms with Gasteiger partial charge in [-0.1, -0.05) is 12.8 Å². The molecule has 1 aliphatic heterocycles. The van der Waals surface area contributed by atoms with E-state index in [0.717, 1.165) is 19.6 Å². The molecule has 0 aromatic heterocycles. The minimum absolute atomic E-state index is 0.293. The highest BCUT2D eigenvalue weighted by Crippen LogP contribution is 2.13. The van der Waals surface area contributed by atoms with Crippen molar-refractivity contribution >= 4 is 0 Å². The summed E-state index contributed by atoms with van der Waals surface area (Å²) in [6, 6.07) is 0. The second kappa shape index (κ2) is 11.0. The molecule has 17 heavy (non-hydrogen) atoms. The molecule has 0 bridgehead atoms. The molecule has 0 radical (unpaired) electrons. The second-order valence-corrected chi connectivity index (χ2v) is 4.23. The molecule has 1 heterocycles. The summed E-state index contributed by atoms with van der Waals surface area (Å²) < 4.78 is 21.7. The molecule has 0 amide bonds. The van der Waals surface area contributed by atoms with E-state index in [1.54, 1.807) is 0 Å². The van der Waals surface area contributed by atoms with Crippen molar-refractivity contribution in [2.24, 2.45) is 0 Å². The van der Waals surface area contributed by atoms with Crippen molar-refractivity contribution in [2.75, 3.05) is 46.2 Å². The first-order chi connectivity index (χ1) is 8.43. The highest BCUT2D eigenvalue weighted by molar-refractivity contribution is 4.61. The Morgan fingerprint density at radius 3 is 2.53 bits per heavy atom. The van der Waals surface area contributed by atoms with Crippen molar-refractivity contribution in [1.82, 2.24) is 0 Å². The lowest BCUT2D eigenvalue weighted by atomic mass is 10.1. The zero-order chi connectivity index (χ0) is 12.2. The van der Waals surface area contributed by atoms with Crippen LogP contribution in [0.25, 0.3) is 0 Å². The van der Waals surface area contributed by atoms with Gasteiger partial charge in [0.25, 0.3) is 0 Å². The van der Waals surface area contributed by atoms with E-state index >= 15 is 0 Å². The second-order valence-electron chi connectivity index (χ2n) is 4.23. The standard InChI is InChI=1S/C13H26O4/c1-2-14-8-9-15-10-11-16-12-13-6-4-3-5-7-17-13/h13H,2-12H2,1H3. The van der Waals surface area contributed by atoms with Crippen LogP contribution in [0.1, 0.15) is 32.6 Å². The van der Waals surface area contributed by atoms with Gasteiger partial charge in [-0.3, -0.25) is 0 Å². The summed E-state index contributed by atoms with van der Waals surface area (Å²) in [6.07, 6.45) is 5.17. The summed E-state index contributed by atoms with van der Waals surface area (Å²) in [7, 11) is 0. The lowest BCUT2D eigenvalue weighted by molar-refractivity contribution is -0.0338. The third kappa shape index (κ3) is 8.55. The van der Waals surface area contributed by atoms with Gasteiger partial charge in [-0.2, -0.15) is 0 Å². The van der Waals surface area contributed by atoms with Gasteiger partial charge in [-0.05, 0) is 19.8 Å². The maximum atomic E-state index is 5.68. The van der Waals surface area contributed by atoms with E-state index in [-0.39, 0.29) is 0 Å². The molecule has 102 valence electrons. The Balaban J connectivity index is 1.82. The minimum Gasteiger partial charge on any atom is -0.379 e. The van der Waals surface area contributed by atoms with Gasteiger partial charge in [0.1, 0.15) is 0 Å². The maximum Gasteiger partial charge on any atom is 0.0808 e. The van der Waals surface area contributed by atoms with Gasteiger partial charge >= 0.3 is 0 Å². The third-order valence-electron chi connectivity index (χ3n) is 2.78. The number of hydrogen-bond donors (Lipinski definition) is 0. The summed E-state index contributed by atoms with van der Waals surface area (Å²) in [4.78, 5) is 0. The predicted octanol–water partition coefficient (Wildman–Crippen LogP) is 2.02. The molecule has 1 saturated heterocycles. The molecule has 1 aliphatic rings. The fourth-order valence-corrected chi connectivity index (χ4v) is 1.81. The van der Waals surface area contributed by atoms with E-state index in [4.69, 9.17) is 18.9 Å². The molecule has 0 aliphatic carbocycles. The Kier molecular flexibility index (Phi) is 9.61. The highest BCUT2D eigenvalue weighted by Gasteiger charge is 2.12. The normalized spacial score (nSPS) is 21.4. The fourth-order valence-electron chi connectivity index (χ4n) is 1.81. The molecule has 4 nitrogen and oxygen atoms in total. The Hall–Kier alpha value is -0.160. The molecule has 1 fully saturated rings. The minimum atomic E-state index is 0.293. The van der Waals surface area contributed by atoms with Crippen molar-refractivity contribution in [3.05, 3.63) is 0 Å². The average Bonchev–Trinajstić information content (AvgIpc) is 2.61. The zero-order valence-electron chi connectivity index (χ0n) is 11.0. The van der Waals surface area contributed by atoms with E-state index in [9.17, 15) is 0 Å². The highest BCUT2D eigenvalue weighted by atomic mass is 16.6. The number of hydrogen-bond acceptors (Lipinski definition) is 4. The van der Waals surface area contributed by atoms with Crippen molar-refractivity contribution in [1.29, 1.82) is 0 Å². The largest absolute Gasteiger partial charge is 0.379 e. The Morgan fingerprint density at radius 1 is 0.941 bits per heavy atom. The zero-order valence-corrected chi connectivity index (χ0v) is 11.0. The lowest BCUT2D eigenvalue weighted by Gasteiger charge is -2.14. The van der Waals surface area contributed by atoms with Crippen LogP contribution in [0.4, 0.5) is 0 Å². The predicted molar refractivity (Wildman–Crippen MR) is 66.3 cm³/mol. The molecule has 1 rings (SSSR count). The monoisotopic (exact) mass is 246 g/mol. The average molecular weight is 246 g/mol. The van der Waals surface area contributed by atoms with Crippen LogP contribution in [-0.4, -0.2) is 52.4 Å². The molecule has 0 spiro atoms. The van der Waals surface area contributed by atoms with Crippen molar-refractivity contribution in [3.63, 3.8) is 0 Å². The fraction of sp³-hybridized carbons (Fsp3) is 1.00. The third-order valence-corrected chi connectivity index (χ3v) is 2.78. The van der Waals surface area contributed by atoms with E-state index in [0.29, 0.717) is 39.1 Å². The Bertz CT molecular complexity index is 155. The molecule has 0 aromatic carbocycles. The van der Waals surface area contributed by atoms with E-state index in [1.807, 2.05) is 6.92 Å². The van der Waals surface area contributed by atoms with Gasteiger partial charge in [0.2, 0.25) is 0 Å². The quantitative estimate of drug-likeness (QED) is 0.583. The summed E-state index contributed by atoms with van der Waals surface area (Å²) in [5.41, 5.74) is 0. The topological polar surface area (TPSA) is 36.9 Å². The summed E-state index contributed by atoms with van der Waals surface area (Å²) >= 11 is 0. The molecule has 0 aromatic rings. The van der Waals surface area contributed by atoms with Crippen molar-refractivity contribution in [3.8, 4) is 0 Å². The number of ether oxygens (including phenoxy) is 4. The van der Waals surface area contributed by atoms with Gasteiger partial charge < -0.3 is 18.9 Å². The first-order valence-electron chi connectivity index (χ1n) is 6.78. The molecule has 4 heteroatoms. The molecule has 1 unspecified atom stereocenters. The summed E-state index contributed by atoms with van der Waals surface area (Å²) in [5.74, 6) is 0. The molecule has 0 saturated carbocycles. The Morgan fingerprint density at radius 2 is 1.71 bits per heavy atom. The molecule has 0 N–H and O–H groups in total. The molecular weight excluding hydrogens is 220 g/mol. The van der Waals surface area contributed by atoms with Crippen molar-refractivity contribution in [2.45, 2.75) is 38.7 Å². The molecule has 1 atom stereocenters.